The zero-order valence-electron chi connectivity index (χ0n) is 7.71. The Morgan fingerprint density at radius 1 is 1.43 bits per heavy atom. The molecule has 0 aliphatic rings. The normalized spacial score (nSPS) is 10.7. The second kappa shape index (κ2) is 3.25. The van der Waals surface area contributed by atoms with E-state index in [1.54, 1.807) is 18.2 Å². The standard InChI is InChI=1S/C11H9FO2/c1-2-8-6-7-4-3-5-9(12)10(7)11(13)14-8/h3-6H,2H2,1H3. The first kappa shape index (κ1) is 8.94. The van der Waals surface area contributed by atoms with Crippen LogP contribution >= 0.6 is 0 Å². The van der Waals surface area contributed by atoms with Crippen LogP contribution in [0.5, 0.6) is 0 Å². The van der Waals surface area contributed by atoms with Crippen molar-refractivity contribution in [2.45, 2.75) is 13.3 Å². The SMILES string of the molecule is CCc1cc2cccc(F)c2c(=O)o1. The van der Waals surface area contributed by atoms with Gasteiger partial charge in [0.05, 0.1) is 0 Å². The van der Waals surface area contributed by atoms with Crippen LogP contribution in [0.15, 0.2) is 33.5 Å². The summed E-state index contributed by atoms with van der Waals surface area (Å²) in [6.45, 7) is 1.88. The summed E-state index contributed by atoms with van der Waals surface area (Å²) in [5.74, 6) is 0.0482. The van der Waals surface area contributed by atoms with Crippen molar-refractivity contribution in [3.63, 3.8) is 0 Å². The van der Waals surface area contributed by atoms with E-state index in [1.165, 1.54) is 6.07 Å². The Kier molecular flexibility index (Phi) is 2.08. The Labute approximate surface area is 80.0 Å². The highest BCUT2D eigenvalue weighted by Gasteiger charge is 2.07. The lowest BCUT2D eigenvalue weighted by molar-refractivity contribution is 0.469. The van der Waals surface area contributed by atoms with Crippen molar-refractivity contribution in [1.29, 1.82) is 0 Å². The van der Waals surface area contributed by atoms with Crippen molar-refractivity contribution in [3.05, 3.63) is 46.3 Å². The molecule has 2 aromatic rings. The fourth-order valence-corrected chi connectivity index (χ4v) is 1.42. The molecule has 1 aromatic heterocycles. The molecule has 2 nitrogen and oxygen atoms in total. The van der Waals surface area contributed by atoms with Crippen LogP contribution in [0.4, 0.5) is 4.39 Å². The van der Waals surface area contributed by atoms with Crippen molar-refractivity contribution in [3.8, 4) is 0 Å². The summed E-state index contributed by atoms with van der Waals surface area (Å²) in [6.07, 6.45) is 0.627. The van der Waals surface area contributed by atoms with E-state index in [-0.39, 0.29) is 5.39 Å². The fraction of sp³-hybridized carbons (Fsp3) is 0.182. The largest absolute Gasteiger partial charge is 0.427 e. The lowest BCUT2D eigenvalue weighted by Crippen LogP contribution is -2.03. The predicted octanol–water partition coefficient (Wildman–Crippen LogP) is 2.49. The first-order chi connectivity index (χ1) is 6.72. The Bertz CT molecular complexity index is 528. The average Bonchev–Trinajstić information content (AvgIpc) is 2.17. The van der Waals surface area contributed by atoms with Gasteiger partial charge in [0.2, 0.25) is 0 Å². The highest BCUT2D eigenvalue weighted by Crippen LogP contribution is 2.15. The van der Waals surface area contributed by atoms with Crippen molar-refractivity contribution in [1.82, 2.24) is 0 Å². The molecule has 14 heavy (non-hydrogen) atoms. The lowest BCUT2D eigenvalue weighted by atomic mass is 10.1. The van der Waals surface area contributed by atoms with Gasteiger partial charge in [0, 0.05) is 6.42 Å². The number of benzene rings is 1. The van der Waals surface area contributed by atoms with Gasteiger partial charge in [0.25, 0.3) is 0 Å². The molecule has 0 atom stereocenters. The second-order valence-electron chi connectivity index (χ2n) is 3.06. The number of aryl methyl sites for hydroxylation is 1. The Balaban J connectivity index is 2.90. The average molecular weight is 192 g/mol. The molecule has 1 aromatic carbocycles. The van der Waals surface area contributed by atoms with Gasteiger partial charge in [-0.05, 0) is 17.5 Å². The topological polar surface area (TPSA) is 30.2 Å². The van der Waals surface area contributed by atoms with Gasteiger partial charge < -0.3 is 4.42 Å². The third kappa shape index (κ3) is 1.31. The molecule has 0 saturated heterocycles. The summed E-state index contributed by atoms with van der Waals surface area (Å²) < 4.78 is 18.1. The molecule has 0 aliphatic carbocycles. The zero-order valence-corrected chi connectivity index (χ0v) is 7.71. The molecule has 0 unspecified atom stereocenters. The van der Waals surface area contributed by atoms with Crippen LogP contribution in [-0.2, 0) is 6.42 Å². The Hall–Kier alpha value is -1.64. The van der Waals surface area contributed by atoms with Crippen molar-refractivity contribution in [2.75, 3.05) is 0 Å². The van der Waals surface area contributed by atoms with Gasteiger partial charge in [-0.15, -0.1) is 0 Å². The second-order valence-corrected chi connectivity index (χ2v) is 3.06. The summed E-state index contributed by atoms with van der Waals surface area (Å²) in [4.78, 5) is 11.4. The molecular weight excluding hydrogens is 183 g/mol. The maximum atomic E-state index is 13.2. The number of rotatable bonds is 1. The van der Waals surface area contributed by atoms with Gasteiger partial charge in [-0.1, -0.05) is 19.1 Å². The maximum Gasteiger partial charge on any atom is 0.346 e. The number of fused-ring (bicyclic) bond motifs is 1. The minimum absolute atomic E-state index is 0.0321. The van der Waals surface area contributed by atoms with E-state index in [2.05, 4.69) is 0 Å². The summed E-state index contributed by atoms with van der Waals surface area (Å²) >= 11 is 0. The van der Waals surface area contributed by atoms with Gasteiger partial charge in [-0.3, -0.25) is 0 Å². The fourth-order valence-electron chi connectivity index (χ4n) is 1.42. The molecule has 2 rings (SSSR count). The first-order valence-corrected chi connectivity index (χ1v) is 4.43. The van der Waals surface area contributed by atoms with Crippen LogP contribution in [0.3, 0.4) is 0 Å². The van der Waals surface area contributed by atoms with E-state index in [4.69, 9.17) is 4.42 Å². The molecule has 0 N–H and O–H groups in total. The molecule has 0 radical (unpaired) electrons. The van der Waals surface area contributed by atoms with Crippen molar-refractivity contribution >= 4 is 10.8 Å². The van der Waals surface area contributed by atoms with E-state index >= 15 is 0 Å². The van der Waals surface area contributed by atoms with E-state index in [0.717, 1.165) is 0 Å². The van der Waals surface area contributed by atoms with Crippen LogP contribution in [0.25, 0.3) is 10.8 Å². The highest BCUT2D eigenvalue weighted by atomic mass is 19.1. The molecule has 0 bridgehead atoms. The highest BCUT2D eigenvalue weighted by molar-refractivity contribution is 5.81. The monoisotopic (exact) mass is 192 g/mol. The minimum Gasteiger partial charge on any atom is -0.427 e. The third-order valence-corrected chi connectivity index (χ3v) is 2.14. The van der Waals surface area contributed by atoms with Crippen LogP contribution in [0.2, 0.25) is 0 Å². The lowest BCUT2D eigenvalue weighted by Gasteiger charge is -1.99. The van der Waals surface area contributed by atoms with Gasteiger partial charge in [0.1, 0.15) is 17.0 Å². The number of halogens is 1. The molecule has 3 heteroatoms. The Morgan fingerprint density at radius 2 is 2.21 bits per heavy atom. The predicted molar refractivity (Wildman–Crippen MR) is 51.8 cm³/mol. The van der Waals surface area contributed by atoms with Gasteiger partial charge in [0.15, 0.2) is 0 Å². The summed E-state index contributed by atoms with van der Waals surface area (Å²) in [5, 5.41) is 0.628. The maximum absolute atomic E-state index is 13.2. The molecule has 0 amide bonds. The molecule has 0 fully saturated rings. The van der Waals surface area contributed by atoms with E-state index < -0.39 is 11.4 Å². The quantitative estimate of drug-likeness (QED) is 0.694. The number of hydrogen-bond acceptors (Lipinski definition) is 2. The summed E-state index contributed by atoms with van der Waals surface area (Å²) in [6, 6.07) is 6.23. The van der Waals surface area contributed by atoms with E-state index in [0.29, 0.717) is 17.6 Å². The van der Waals surface area contributed by atoms with E-state index in [9.17, 15) is 9.18 Å². The third-order valence-electron chi connectivity index (χ3n) is 2.14. The minimum atomic E-state index is -0.600. The number of hydrogen-bond donors (Lipinski definition) is 0. The van der Waals surface area contributed by atoms with Crippen molar-refractivity contribution < 1.29 is 8.81 Å². The summed E-state index contributed by atoms with van der Waals surface area (Å²) in [7, 11) is 0. The van der Waals surface area contributed by atoms with Crippen LogP contribution in [0, 0.1) is 5.82 Å². The van der Waals surface area contributed by atoms with E-state index in [1.807, 2.05) is 6.92 Å². The molecule has 72 valence electrons. The molecule has 1 heterocycles. The first-order valence-electron chi connectivity index (χ1n) is 4.43. The van der Waals surface area contributed by atoms with Crippen LogP contribution < -0.4 is 5.63 Å². The zero-order chi connectivity index (χ0) is 10.1. The van der Waals surface area contributed by atoms with Crippen LogP contribution in [0.1, 0.15) is 12.7 Å². The van der Waals surface area contributed by atoms with Crippen molar-refractivity contribution in [2.24, 2.45) is 0 Å². The Morgan fingerprint density at radius 3 is 2.93 bits per heavy atom. The van der Waals surface area contributed by atoms with Gasteiger partial charge in [-0.2, -0.15) is 0 Å². The molecule has 0 spiro atoms. The smallest absolute Gasteiger partial charge is 0.346 e. The molecular formula is C11H9FO2. The van der Waals surface area contributed by atoms with Gasteiger partial charge >= 0.3 is 5.63 Å². The molecule has 0 saturated carbocycles. The van der Waals surface area contributed by atoms with Gasteiger partial charge in [-0.25, -0.2) is 9.18 Å². The van der Waals surface area contributed by atoms with Crippen LogP contribution in [-0.4, -0.2) is 0 Å². The molecule has 0 aliphatic heterocycles. The summed E-state index contributed by atoms with van der Waals surface area (Å²) in [5.41, 5.74) is -0.600.